The molecule has 1 aliphatic carbocycles. The van der Waals surface area contributed by atoms with E-state index in [9.17, 15) is 9.18 Å². The Bertz CT molecular complexity index is 634. The first-order chi connectivity index (χ1) is 9.15. The highest BCUT2D eigenvalue weighted by atomic mass is 19.1. The van der Waals surface area contributed by atoms with E-state index in [1.54, 1.807) is 6.07 Å². The maximum Gasteiger partial charge on any atom is 0.404 e. The van der Waals surface area contributed by atoms with Crippen molar-refractivity contribution in [1.29, 1.82) is 0 Å². The van der Waals surface area contributed by atoms with Crippen molar-refractivity contribution < 1.29 is 14.3 Å². The van der Waals surface area contributed by atoms with E-state index in [1.165, 1.54) is 12.1 Å². The lowest BCUT2D eigenvalue weighted by atomic mass is 10.3. The van der Waals surface area contributed by atoms with E-state index < -0.39 is 6.09 Å². The van der Waals surface area contributed by atoms with Crippen molar-refractivity contribution in [3.8, 4) is 0 Å². The van der Waals surface area contributed by atoms with Gasteiger partial charge in [0.1, 0.15) is 11.6 Å². The zero-order valence-electron chi connectivity index (χ0n) is 10.3. The zero-order chi connectivity index (χ0) is 13.4. The van der Waals surface area contributed by atoms with Gasteiger partial charge in [-0.25, -0.2) is 14.2 Å². The monoisotopic (exact) mass is 263 g/mol. The molecule has 1 aromatic heterocycles. The molecule has 5 nitrogen and oxygen atoms in total. The molecule has 3 rings (SSSR count). The van der Waals surface area contributed by atoms with Crippen LogP contribution in [0.1, 0.15) is 24.7 Å². The molecule has 0 saturated heterocycles. The second-order valence-electron chi connectivity index (χ2n) is 4.74. The standard InChI is InChI=1S/C13H14FN3O2/c14-8-1-4-10-11(7-8)17(9-2-3-9)12(16-10)5-6-15-13(18)19/h1,4,7,9,15H,2-3,5-6H2,(H,18,19). The first kappa shape index (κ1) is 12.0. The number of carbonyl (C=O) groups is 1. The van der Waals surface area contributed by atoms with E-state index in [0.29, 0.717) is 19.0 Å². The second kappa shape index (κ2) is 4.53. The molecule has 1 aromatic carbocycles. The summed E-state index contributed by atoms with van der Waals surface area (Å²) in [6, 6.07) is 4.94. The Balaban J connectivity index is 1.93. The molecule has 0 radical (unpaired) electrons. The highest BCUT2D eigenvalue weighted by Crippen LogP contribution is 2.38. The normalized spacial score (nSPS) is 14.8. The summed E-state index contributed by atoms with van der Waals surface area (Å²) < 4.78 is 15.4. The predicted octanol–water partition coefficient (Wildman–Crippen LogP) is 2.32. The van der Waals surface area contributed by atoms with Gasteiger partial charge in [-0.3, -0.25) is 0 Å². The number of hydrogen-bond acceptors (Lipinski definition) is 2. The van der Waals surface area contributed by atoms with Gasteiger partial charge in [0.05, 0.1) is 11.0 Å². The highest BCUT2D eigenvalue weighted by molar-refractivity contribution is 5.76. The number of amides is 1. The summed E-state index contributed by atoms with van der Waals surface area (Å²) >= 11 is 0. The maximum atomic E-state index is 13.3. The van der Waals surface area contributed by atoms with Gasteiger partial charge in [0.25, 0.3) is 0 Å². The van der Waals surface area contributed by atoms with Crippen LogP contribution in [0, 0.1) is 5.82 Å². The van der Waals surface area contributed by atoms with Crippen molar-refractivity contribution in [3.63, 3.8) is 0 Å². The first-order valence-electron chi connectivity index (χ1n) is 6.28. The Morgan fingerprint density at radius 3 is 3.00 bits per heavy atom. The first-order valence-corrected chi connectivity index (χ1v) is 6.28. The Morgan fingerprint density at radius 2 is 2.32 bits per heavy atom. The van der Waals surface area contributed by atoms with E-state index in [0.717, 1.165) is 29.7 Å². The molecule has 1 fully saturated rings. The largest absolute Gasteiger partial charge is 0.465 e. The van der Waals surface area contributed by atoms with Crippen molar-refractivity contribution in [1.82, 2.24) is 14.9 Å². The van der Waals surface area contributed by atoms with Crippen molar-refractivity contribution in [3.05, 3.63) is 29.8 Å². The SMILES string of the molecule is O=C(O)NCCc1nc2ccc(F)cc2n1C1CC1. The van der Waals surface area contributed by atoms with Gasteiger partial charge < -0.3 is 15.0 Å². The summed E-state index contributed by atoms with van der Waals surface area (Å²) in [6.07, 6.45) is 1.61. The fraction of sp³-hybridized carbons (Fsp3) is 0.385. The number of nitrogens with zero attached hydrogens (tertiary/aromatic N) is 2. The molecule has 2 aromatic rings. The number of aromatic nitrogens is 2. The Kier molecular flexibility index (Phi) is 2.85. The van der Waals surface area contributed by atoms with E-state index >= 15 is 0 Å². The van der Waals surface area contributed by atoms with E-state index in [2.05, 4.69) is 10.3 Å². The van der Waals surface area contributed by atoms with Gasteiger partial charge in [0.15, 0.2) is 0 Å². The van der Waals surface area contributed by atoms with Crippen molar-refractivity contribution in [2.75, 3.05) is 6.54 Å². The van der Waals surface area contributed by atoms with Gasteiger partial charge in [-0.2, -0.15) is 0 Å². The van der Waals surface area contributed by atoms with Crippen molar-refractivity contribution in [2.45, 2.75) is 25.3 Å². The van der Waals surface area contributed by atoms with Crippen LogP contribution >= 0.6 is 0 Å². The predicted molar refractivity (Wildman–Crippen MR) is 67.7 cm³/mol. The van der Waals surface area contributed by atoms with Crippen molar-refractivity contribution in [2.24, 2.45) is 0 Å². The van der Waals surface area contributed by atoms with Crippen LogP contribution in [0.2, 0.25) is 0 Å². The summed E-state index contributed by atoms with van der Waals surface area (Å²) in [4.78, 5) is 14.9. The number of carboxylic acid groups (broad SMARTS) is 1. The molecule has 1 saturated carbocycles. The molecule has 100 valence electrons. The lowest BCUT2D eigenvalue weighted by molar-refractivity contribution is 0.194. The molecule has 0 bridgehead atoms. The number of rotatable bonds is 4. The van der Waals surface area contributed by atoms with Gasteiger partial charge in [-0.05, 0) is 31.0 Å². The molecule has 6 heteroatoms. The minimum atomic E-state index is -1.04. The number of imidazole rings is 1. The van der Waals surface area contributed by atoms with Crippen LogP contribution in [0.3, 0.4) is 0 Å². The quantitative estimate of drug-likeness (QED) is 0.889. The lowest BCUT2D eigenvalue weighted by Crippen LogP contribution is -2.24. The Morgan fingerprint density at radius 1 is 1.53 bits per heavy atom. The number of benzene rings is 1. The minimum absolute atomic E-state index is 0.274. The number of nitrogens with one attached hydrogen (secondary N) is 1. The summed E-state index contributed by atoms with van der Waals surface area (Å²) in [6.45, 7) is 0.313. The number of fused-ring (bicyclic) bond motifs is 1. The minimum Gasteiger partial charge on any atom is -0.465 e. The molecule has 2 N–H and O–H groups in total. The van der Waals surface area contributed by atoms with Crippen LogP contribution in [-0.2, 0) is 6.42 Å². The Hall–Kier alpha value is -2.11. The number of halogens is 1. The molecule has 1 heterocycles. The molecule has 1 amide bonds. The smallest absolute Gasteiger partial charge is 0.404 e. The third-order valence-electron chi connectivity index (χ3n) is 3.26. The summed E-state index contributed by atoms with van der Waals surface area (Å²) in [7, 11) is 0. The summed E-state index contributed by atoms with van der Waals surface area (Å²) in [5.74, 6) is 0.543. The Labute approximate surface area is 109 Å². The van der Waals surface area contributed by atoms with Crippen LogP contribution in [0.15, 0.2) is 18.2 Å². The third-order valence-corrected chi connectivity index (χ3v) is 3.26. The lowest BCUT2D eigenvalue weighted by Gasteiger charge is -2.07. The molecular formula is C13H14FN3O2. The van der Waals surface area contributed by atoms with Gasteiger partial charge in [0, 0.05) is 19.0 Å². The van der Waals surface area contributed by atoms with E-state index in [1.807, 2.05) is 4.57 Å². The second-order valence-corrected chi connectivity index (χ2v) is 4.74. The molecule has 0 unspecified atom stereocenters. The number of hydrogen-bond donors (Lipinski definition) is 2. The van der Waals surface area contributed by atoms with Crippen LogP contribution in [0.25, 0.3) is 11.0 Å². The average Bonchev–Trinajstić information content (AvgIpc) is 3.11. The molecule has 0 atom stereocenters. The summed E-state index contributed by atoms with van der Waals surface area (Å²) in [5.41, 5.74) is 1.56. The summed E-state index contributed by atoms with van der Waals surface area (Å²) in [5, 5.41) is 10.9. The van der Waals surface area contributed by atoms with E-state index in [4.69, 9.17) is 5.11 Å². The molecule has 19 heavy (non-hydrogen) atoms. The van der Waals surface area contributed by atoms with Gasteiger partial charge >= 0.3 is 6.09 Å². The third kappa shape index (κ3) is 2.38. The topological polar surface area (TPSA) is 67.2 Å². The van der Waals surface area contributed by atoms with Crippen LogP contribution < -0.4 is 5.32 Å². The molecule has 1 aliphatic rings. The van der Waals surface area contributed by atoms with Crippen LogP contribution in [0.4, 0.5) is 9.18 Å². The fourth-order valence-electron chi connectivity index (χ4n) is 2.31. The van der Waals surface area contributed by atoms with Crippen molar-refractivity contribution >= 4 is 17.1 Å². The van der Waals surface area contributed by atoms with E-state index in [-0.39, 0.29) is 5.82 Å². The molecular weight excluding hydrogens is 249 g/mol. The molecule has 0 spiro atoms. The van der Waals surface area contributed by atoms with Crippen LogP contribution in [-0.4, -0.2) is 27.3 Å². The average molecular weight is 263 g/mol. The maximum absolute atomic E-state index is 13.3. The van der Waals surface area contributed by atoms with Gasteiger partial charge in [0.2, 0.25) is 0 Å². The van der Waals surface area contributed by atoms with Crippen LogP contribution in [0.5, 0.6) is 0 Å². The van der Waals surface area contributed by atoms with Gasteiger partial charge in [-0.15, -0.1) is 0 Å². The zero-order valence-corrected chi connectivity index (χ0v) is 10.3. The molecule has 0 aliphatic heterocycles. The van der Waals surface area contributed by atoms with Gasteiger partial charge in [-0.1, -0.05) is 0 Å². The highest BCUT2D eigenvalue weighted by Gasteiger charge is 2.28. The fourth-order valence-corrected chi connectivity index (χ4v) is 2.31.